The molecule has 7 heteroatoms. The van der Waals surface area contributed by atoms with Crippen LogP contribution in [0.1, 0.15) is 11.4 Å². The number of carbonyl (C=O) groups is 1. The van der Waals surface area contributed by atoms with Gasteiger partial charge in [-0.15, -0.1) is 0 Å². The van der Waals surface area contributed by atoms with Crippen molar-refractivity contribution < 1.29 is 9.53 Å². The highest BCUT2D eigenvalue weighted by molar-refractivity contribution is 14.1. The predicted molar refractivity (Wildman–Crippen MR) is 92.5 cm³/mol. The number of anilines is 1. The van der Waals surface area contributed by atoms with E-state index in [0.29, 0.717) is 18.9 Å². The maximum Gasteiger partial charge on any atom is 0.412 e. The summed E-state index contributed by atoms with van der Waals surface area (Å²) >= 11 is 4.12. The molecule has 5 nitrogen and oxygen atoms in total. The number of carbonyl (C=O) groups excluding carboxylic acids is 1. The van der Waals surface area contributed by atoms with Gasteiger partial charge >= 0.3 is 6.09 Å². The van der Waals surface area contributed by atoms with E-state index in [2.05, 4.69) is 60.5 Å². The number of nitrogens with one attached hydrogen (secondary N) is 1. The van der Waals surface area contributed by atoms with Crippen LogP contribution in [0.5, 0.6) is 0 Å². The van der Waals surface area contributed by atoms with E-state index in [0.717, 1.165) is 5.56 Å². The molecule has 0 aliphatic carbocycles. The lowest BCUT2D eigenvalue weighted by atomic mass is 10.2. The molecular formula is C13H11I2N3O2. The van der Waals surface area contributed by atoms with E-state index in [1.54, 1.807) is 0 Å². The molecule has 0 radical (unpaired) electrons. The zero-order chi connectivity index (χ0) is 14.5. The van der Waals surface area contributed by atoms with Gasteiger partial charge in [-0.3, -0.25) is 5.32 Å². The summed E-state index contributed by atoms with van der Waals surface area (Å²) in [5.74, 6) is 0.669. The largest absolute Gasteiger partial charge is 0.444 e. The zero-order valence-corrected chi connectivity index (χ0v) is 14.9. The van der Waals surface area contributed by atoms with E-state index in [1.807, 2.05) is 37.3 Å². The molecule has 1 aromatic carbocycles. The lowest BCUT2D eigenvalue weighted by molar-refractivity contribution is 0.155. The summed E-state index contributed by atoms with van der Waals surface area (Å²) in [6.45, 7) is 2.04. The Bertz CT molecular complexity index is 597. The van der Waals surface area contributed by atoms with Gasteiger partial charge in [-0.05, 0) is 57.7 Å². The maximum atomic E-state index is 11.8. The lowest BCUT2D eigenvalue weighted by Gasteiger charge is -2.10. The lowest BCUT2D eigenvalue weighted by Crippen LogP contribution is -2.16. The average molecular weight is 495 g/mol. The Morgan fingerprint density at radius 1 is 1.20 bits per heavy atom. The maximum absolute atomic E-state index is 11.8. The van der Waals surface area contributed by atoms with Crippen LogP contribution >= 0.6 is 45.2 Å². The van der Waals surface area contributed by atoms with Crippen LogP contribution in [0.15, 0.2) is 30.3 Å². The van der Waals surface area contributed by atoms with Gasteiger partial charge < -0.3 is 4.74 Å². The number of amides is 1. The molecule has 1 N–H and O–H groups in total. The Morgan fingerprint density at radius 3 is 2.40 bits per heavy atom. The number of aryl methyl sites for hydroxylation is 1. The quantitative estimate of drug-likeness (QED) is 0.521. The Balaban J connectivity index is 1.98. The minimum Gasteiger partial charge on any atom is -0.444 e. The van der Waals surface area contributed by atoms with Crippen molar-refractivity contribution in [2.45, 2.75) is 13.5 Å². The summed E-state index contributed by atoms with van der Waals surface area (Å²) in [4.78, 5) is 20.2. The highest BCUT2D eigenvalue weighted by atomic mass is 127. The second kappa shape index (κ2) is 7.16. The summed E-state index contributed by atoms with van der Waals surface area (Å²) < 4.78 is 6.54. The highest BCUT2D eigenvalue weighted by Crippen LogP contribution is 2.21. The van der Waals surface area contributed by atoms with Crippen molar-refractivity contribution in [1.29, 1.82) is 0 Å². The minimum atomic E-state index is -0.517. The third-order valence-electron chi connectivity index (χ3n) is 2.37. The molecule has 1 aromatic heterocycles. The van der Waals surface area contributed by atoms with E-state index >= 15 is 0 Å². The molecule has 1 heterocycles. The zero-order valence-electron chi connectivity index (χ0n) is 10.6. The van der Waals surface area contributed by atoms with E-state index in [4.69, 9.17) is 4.74 Å². The highest BCUT2D eigenvalue weighted by Gasteiger charge is 2.13. The van der Waals surface area contributed by atoms with Crippen LogP contribution in [0.3, 0.4) is 0 Å². The SMILES string of the molecule is Cc1nc(I)c(NC(=O)OCc2ccccc2)c(I)n1. The van der Waals surface area contributed by atoms with Crippen LogP contribution in [-0.4, -0.2) is 16.1 Å². The Hall–Kier alpha value is -0.970. The normalized spacial score (nSPS) is 10.2. The second-order valence-electron chi connectivity index (χ2n) is 3.91. The molecule has 2 aromatic rings. The monoisotopic (exact) mass is 495 g/mol. The van der Waals surface area contributed by atoms with Crippen molar-refractivity contribution in [3.8, 4) is 0 Å². The number of halogens is 2. The molecule has 0 unspecified atom stereocenters. The van der Waals surface area contributed by atoms with Crippen LogP contribution in [0.2, 0.25) is 0 Å². The third-order valence-corrected chi connectivity index (χ3v) is 3.93. The van der Waals surface area contributed by atoms with E-state index in [1.165, 1.54) is 0 Å². The molecule has 0 aliphatic rings. The van der Waals surface area contributed by atoms with Crippen LogP contribution in [-0.2, 0) is 11.3 Å². The van der Waals surface area contributed by atoms with Crippen molar-refractivity contribution in [3.63, 3.8) is 0 Å². The molecule has 1 amide bonds. The van der Waals surface area contributed by atoms with Crippen molar-refractivity contribution in [2.24, 2.45) is 0 Å². The van der Waals surface area contributed by atoms with Gasteiger partial charge in [-0.25, -0.2) is 14.8 Å². The molecule has 0 aliphatic heterocycles. The molecule has 0 spiro atoms. The minimum absolute atomic E-state index is 0.229. The first kappa shape index (κ1) is 15.4. The van der Waals surface area contributed by atoms with Crippen LogP contribution in [0, 0.1) is 14.3 Å². The number of hydrogen-bond donors (Lipinski definition) is 1. The van der Waals surface area contributed by atoms with Crippen molar-refractivity contribution >= 4 is 57.0 Å². The number of rotatable bonds is 3. The van der Waals surface area contributed by atoms with Gasteiger partial charge in [0.1, 0.15) is 25.5 Å². The first-order valence-electron chi connectivity index (χ1n) is 5.73. The van der Waals surface area contributed by atoms with Crippen molar-refractivity contribution in [3.05, 3.63) is 49.1 Å². The van der Waals surface area contributed by atoms with Crippen LogP contribution in [0.25, 0.3) is 0 Å². The molecule has 0 fully saturated rings. The summed E-state index contributed by atoms with van der Waals surface area (Å²) in [6.07, 6.45) is -0.517. The smallest absolute Gasteiger partial charge is 0.412 e. The second-order valence-corrected chi connectivity index (χ2v) is 5.96. The molecule has 2 rings (SSSR count). The molecule has 0 saturated heterocycles. The summed E-state index contributed by atoms with van der Waals surface area (Å²) in [5, 5.41) is 2.67. The van der Waals surface area contributed by atoms with Gasteiger partial charge in [0.2, 0.25) is 0 Å². The molecule has 0 bridgehead atoms. The van der Waals surface area contributed by atoms with Crippen molar-refractivity contribution in [2.75, 3.05) is 5.32 Å². The van der Waals surface area contributed by atoms with E-state index in [9.17, 15) is 4.79 Å². The summed E-state index contributed by atoms with van der Waals surface area (Å²) in [7, 11) is 0. The fourth-order valence-corrected chi connectivity index (χ4v) is 3.47. The predicted octanol–water partition coefficient (Wildman–Crippen LogP) is 3.74. The number of nitrogens with zero attached hydrogens (tertiary/aromatic N) is 2. The fraction of sp³-hybridized carbons (Fsp3) is 0.154. The third kappa shape index (κ3) is 4.27. The Kier molecular flexibility index (Phi) is 5.52. The van der Waals surface area contributed by atoms with Crippen molar-refractivity contribution in [1.82, 2.24) is 9.97 Å². The van der Waals surface area contributed by atoms with Gasteiger partial charge in [-0.1, -0.05) is 30.3 Å². The average Bonchev–Trinajstić information content (AvgIpc) is 2.42. The Morgan fingerprint density at radius 2 is 1.80 bits per heavy atom. The molecule has 0 atom stereocenters. The van der Waals surface area contributed by atoms with Gasteiger partial charge in [0.25, 0.3) is 0 Å². The van der Waals surface area contributed by atoms with E-state index < -0.39 is 6.09 Å². The van der Waals surface area contributed by atoms with Gasteiger partial charge in [0.15, 0.2) is 0 Å². The first-order valence-corrected chi connectivity index (χ1v) is 7.89. The van der Waals surface area contributed by atoms with Gasteiger partial charge in [0.05, 0.1) is 0 Å². The van der Waals surface area contributed by atoms with Crippen LogP contribution in [0.4, 0.5) is 10.5 Å². The Labute approximate surface area is 143 Å². The molecular weight excluding hydrogens is 484 g/mol. The number of ether oxygens (including phenoxy) is 1. The molecule has 20 heavy (non-hydrogen) atoms. The number of benzene rings is 1. The molecule has 0 saturated carbocycles. The summed E-state index contributed by atoms with van der Waals surface area (Å²) in [6, 6.07) is 9.51. The fourth-order valence-electron chi connectivity index (χ4n) is 1.47. The molecule has 104 valence electrons. The first-order chi connectivity index (χ1) is 9.56. The summed E-state index contributed by atoms with van der Waals surface area (Å²) in [5.41, 5.74) is 1.52. The van der Waals surface area contributed by atoms with Gasteiger partial charge in [-0.2, -0.15) is 0 Å². The van der Waals surface area contributed by atoms with E-state index in [-0.39, 0.29) is 6.61 Å². The number of aromatic nitrogens is 2. The standard InChI is InChI=1S/C13H11I2N3O2/c1-8-16-11(14)10(12(15)17-8)18-13(19)20-7-9-5-3-2-4-6-9/h2-6H,7H2,1H3,(H,18,19). The van der Waals surface area contributed by atoms with Crippen LogP contribution < -0.4 is 5.32 Å². The number of hydrogen-bond acceptors (Lipinski definition) is 4. The topological polar surface area (TPSA) is 64.1 Å². The van der Waals surface area contributed by atoms with Gasteiger partial charge in [0, 0.05) is 0 Å².